The van der Waals surface area contributed by atoms with Crippen molar-refractivity contribution in [1.82, 2.24) is 10.7 Å². The lowest BCUT2D eigenvalue weighted by molar-refractivity contribution is -0.596. The van der Waals surface area contributed by atoms with E-state index in [1.807, 2.05) is 68.6 Å². The lowest BCUT2D eigenvalue weighted by atomic mass is 9.99. The third-order valence-electron chi connectivity index (χ3n) is 5.38. The van der Waals surface area contributed by atoms with Crippen molar-refractivity contribution in [3.05, 3.63) is 106 Å². The summed E-state index contributed by atoms with van der Waals surface area (Å²) in [7, 11) is 0. The molecule has 1 saturated heterocycles. The van der Waals surface area contributed by atoms with Crippen molar-refractivity contribution in [3.63, 3.8) is 0 Å². The molecule has 3 aromatic carbocycles. The van der Waals surface area contributed by atoms with Crippen molar-refractivity contribution in [3.8, 4) is 0 Å². The molecule has 1 aliphatic heterocycles. The van der Waals surface area contributed by atoms with E-state index in [0.29, 0.717) is 10.6 Å². The topological polar surface area (TPSA) is 61.2 Å². The Morgan fingerprint density at radius 2 is 1.77 bits per heavy atom. The van der Waals surface area contributed by atoms with E-state index >= 15 is 0 Å². The average Bonchev–Trinajstić information content (AvgIpc) is 3.05. The number of rotatable bonds is 4. The minimum Gasteiger partial charge on any atom is -0.334 e. The standard InChI is InChI=1S/C25H22ClN3O2/c1-16-6-5-9-19(14-16)24(30)27-22-23(18-10-12-21(26)13-11-18)29(28-25(22)31)15-20-8-4-3-7-17(20)2/h3-15,22-23H,1-2H3,(H-,27,28,30,31)/p+1/b29-15-/t22-,23-/m1/s1. The highest BCUT2D eigenvalue weighted by molar-refractivity contribution is 6.30. The van der Waals surface area contributed by atoms with Crippen LogP contribution in [0.3, 0.4) is 0 Å². The van der Waals surface area contributed by atoms with Gasteiger partial charge in [0, 0.05) is 21.7 Å². The first-order valence-corrected chi connectivity index (χ1v) is 10.4. The predicted molar refractivity (Wildman–Crippen MR) is 121 cm³/mol. The summed E-state index contributed by atoms with van der Waals surface area (Å²) in [5, 5.41) is 3.53. The number of benzene rings is 3. The fourth-order valence-electron chi connectivity index (χ4n) is 3.73. The van der Waals surface area contributed by atoms with Crippen LogP contribution >= 0.6 is 11.6 Å². The van der Waals surface area contributed by atoms with Gasteiger partial charge in [-0.25, -0.2) is 0 Å². The highest BCUT2D eigenvalue weighted by atomic mass is 35.5. The molecule has 4 rings (SSSR count). The van der Waals surface area contributed by atoms with E-state index in [0.717, 1.165) is 22.3 Å². The summed E-state index contributed by atoms with van der Waals surface area (Å²) >= 11 is 6.08. The summed E-state index contributed by atoms with van der Waals surface area (Å²) in [6.45, 7) is 3.94. The number of amides is 2. The van der Waals surface area contributed by atoms with Crippen molar-refractivity contribution < 1.29 is 14.3 Å². The van der Waals surface area contributed by atoms with Gasteiger partial charge in [0.25, 0.3) is 5.91 Å². The molecule has 2 atom stereocenters. The van der Waals surface area contributed by atoms with Gasteiger partial charge in [0.1, 0.15) is 0 Å². The van der Waals surface area contributed by atoms with Crippen molar-refractivity contribution in [1.29, 1.82) is 0 Å². The largest absolute Gasteiger partial charge is 0.334 e. The lowest BCUT2D eigenvalue weighted by Crippen LogP contribution is -2.42. The first kappa shape index (κ1) is 20.8. The smallest absolute Gasteiger partial charge is 0.304 e. The first-order valence-electron chi connectivity index (χ1n) is 10.0. The van der Waals surface area contributed by atoms with Gasteiger partial charge in [-0.3, -0.25) is 9.59 Å². The molecule has 0 aromatic heterocycles. The van der Waals surface area contributed by atoms with Crippen LogP contribution in [0.15, 0.2) is 72.8 Å². The molecule has 0 spiro atoms. The number of halogens is 1. The minimum absolute atomic E-state index is 0.272. The number of aryl methyl sites for hydroxylation is 2. The van der Waals surface area contributed by atoms with Crippen LogP contribution in [0, 0.1) is 13.8 Å². The van der Waals surface area contributed by atoms with Gasteiger partial charge in [0.05, 0.1) is 0 Å². The molecule has 31 heavy (non-hydrogen) atoms. The molecule has 156 valence electrons. The van der Waals surface area contributed by atoms with Crippen molar-refractivity contribution in [2.45, 2.75) is 25.9 Å². The Balaban J connectivity index is 1.72. The van der Waals surface area contributed by atoms with Crippen LogP contribution in [0.2, 0.25) is 5.02 Å². The van der Waals surface area contributed by atoms with Crippen LogP contribution in [0.4, 0.5) is 0 Å². The maximum Gasteiger partial charge on any atom is 0.304 e. The zero-order valence-electron chi connectivity index (χ0n) is 17.3. The summed E-state index contributed by atoms with van der Waals surface area (Å²) in [5.41, 5.74) is 7.32. The Bertz CT molecular complexity index is 1170. The van der Waals surface area contributed by atoms with Crippen LogP contribution in [0.25, 0.3) is 0 Å². The number of hydrazone groups is 1. The van der Waals surface area contributed by atoms with Crippen LogP contribution in [0.1, 0.15) is 38.7 Å². The fourth-order valence-corrected chi connectivity index (χ4v) is 3.86. The second-order valence-corrected chi connectivity index (χ2v) is 8.12. The van der Waals surface area contributed by atoms with Crippen molar-refractivity contribution in [2.24, 2.45) is 0 Å². The maximum atomic E-state index is 12.9. The van der Waals surface area contributed by atoms with Gasteiger partial charge in [-0.1, -0.05) is 59.6 Å². The summed E-state index contributed by atoms with van der Waals surface area (Å²) in [5.74, 6) is -0.564. The van der Waals surface area contributed by atoms with E-state index in [2.05, 4.69) is 10.7 Å². The van der Waals surface area contributed by atoms with Crippen LogP contribution < -0.4 is 10.7 Å². The molecule has 1 fully saturated rings. The van der Waals surface area contributed by atoms with E-state index in [-0.39, 0.29) is 11.8 Å². The van der Waals surface area contributed by atoms with E-state index in [1.54, 1.807) is 28.9 Å². The van der Waals surface area contributed by atoms with Crippen LogP contribution in [0.5, 0.6) is 0 Å². The number of carbonyl (C=O) groups excluding carboxylic acids is 2. The summed E-state index contributed by atoms with van der Waals surface area (Å²) < 4.78 is 1.76. The lowest BCUT2D eigenvalue weighted by Gasteiger charge is -2.15. The molecule has 0 radical (unpaired) electrons. The van der Waals surface area contributed by atoms with E-state index in [9.17, 15) is 9.59 Å². The Morgan fingerprint density at radius 3 is 2.48 bits per heavy atom. The van der Waals surface area contributed by atoms with Gasteiger partial charge < -0.3 is 5.32 Å². The molecule has 0 aliphatic carbocycles. The van der Waals surface area contributed by atoms with Crippen LogP contribution in [-0.2, 0) is 4.79 Å². The number of hydrazine groups is 1. The number of nitrogens with zero attached hydrogens (tertiary/aromatic N) is 1. The molecular formula is C25H23ClN3O2+. The van der Waals surface area contributed by atoms with Gasteiger partial charge in [0.2, 0.25) is 12.3 Å². The predicted octanol–water partition coefficient (Wildman–Crippen LogP) is 3.97. The third-order valence-corrected chi connectivity index (χ3v) is 5.63. The van der Waals surface area contributed by atoms with Crippen molar-refractivity contribution in [2.75, 3.05) is 0 Å². The van der Waals surface area contributed by atoms with Gasteiger partial charge in [-0.05, 0) is 49.7 Å². The Morgan fingerprint density at radius 1 is 1.03 bits per heavy atom. The molecule has 0 saturated carbocycles. The van der Waals surface area contributed by atoms with Gasteiger partial charge in [0.15, 0.2) is 6.04 Å². The zero-order valence-corrected chi connectivity index (χ0v) is 18.1. The molecule has 1 heterocycles. The number of carbonyl (C=O) groups is 2. The van der Waals surface area contributed by atoms with Gasteiger partial charge >= 0.3 is 5.91 Å². The monoisotopic (exact) mass is 432 g/mol. The quantitative estimate of drug-likeness (QED) is 0.613. The zero-order chi connectivity index (χ0) is 22.0. The summed E-state index contributed by atoms with van der Waals surface area (Å²) in [6, 6.07) is 21.3. The second-order valence-electron chi connectivity index (χ2n) is 7.69. The number of nitrogens with one attached hydrogen (secondary N) is 2. The molecular weight excluding hydrogens is 410 g/mol. The molecule has 2 N–H and O–H groups in total. The molecule has 6 heteroatoms. The first-order chi connectivity index (χ1) is 14.9. The second kappa shape index (κ2) is 8.74. The van der Waals surface area contributed by atoms with Crippen LogP contribution in [-0.4, -0.2) is 28.8 Å². The molecule has 2 amide bonds. The molecule has 5 nitrogen and oxygen atoms in total. The van der Waals surface area contributed by atoms with Crippen molar-refractivity contribution >= 4 is 29.6 Å². The van der Waals surface area contributed by atoms with E-state index < -0.39 is 12.1 Å². The summed E-state index contributed by atoms with van der Waals surface area (Å²) in [4.78, 5) is 25.8. The molecule has 0 bridgehead atoms. The Labute approximate surface area is 186 Å². The Hall–Kier alpha value is -3.44. The molecule has 3 aromatic rings. The molecule has 1 aliphatic rings. The van der Waals surface area contributed by atoms with E-state index in [4.69, 9.17) is 11.6 Å². The highest BCUT2D eigenvalue weighted by Gasteiger charge is 2.47. The normalized spacial score (nSPS) is 19.3. The SMILES string of the molecule is Cc1cccc(C(=O)N[C@H]2C(=O)N/[N+](=C\c3ccccc3C)[C@@H]2c2ccc(Cl)cc2)c1. The Kier molecular flexibility index (Phi) is 5.87. The summed E-state index contributed by atoms with van der Waals surface area (Å²) in [6.07, 6.45) is 1.89. The van der Waals surface area contributed by atoms with Gasteiger partial charge in [-0.15, -0.1) is 10.1 Å². The van der Waals surface area contributed by atoms with E-state index in [1.165, 1.54) is 0 Å². The maximum absolute atomic E-state index is 12.9. The highest BCUT2D eigenvalue weighted by Crippen LogP contribution is 2.27. The van der Waals surface area contributed by atoms with Gasteiger partial charge in [-0.2, -0.15) is 0 Å². The number of hydrogen-bond acceptors (Lipinski definition) is 2. The fraction of sp³-hybridized carbons (Fsp3) is 0.160. The molecule has 0 unspecified atom stereocenters. The number of hydrogen-bond donors (Lipinski definition) is 2. The minimum atomic E-state index is -0.769. The third kappa shape index (κ3) is 4.52. The average molecular weight is 433 g/mol.